The zero-order valence-corrected chi connectivity index (χ0v) is 18.0. The molecule has 1 saturated heterocycles. The maximum absolute atomic E-state index is 12.8. The molecular formula is C18H33N5O6S. The number of carboxylic acids is 1. The molecule has 0 aromatic heterocycles. The quantitative estimate of drug-likeness (QED) is 0.130. The number of unbranched alkanes of at least 4 members (excludes halogenated alkanes) is 1. The summed E-state index contributed by atoms with van der Waals surface area (Å²) in [4.78, 5) is 50.4. The normalized spacial score (nSPS) is 20.2. The number of amides is 3. The first-order valence-corrected chi connectivity index (χ1v) is 10.7. The van der Waals surface area contributed by atoms with Crippen molar-refractivity contribution in [2.24, 2.45) is 11.5 Å². The SMILES string of the molecule is CC(O)C(N)C(=O)N1CCCC1C(=O)NC(CCCCN)C(=O)NC(CS)C(=O)O. The van der Waals surface area contributed by atoms with E-state index >= 15 is 0 Å². The first-order valence-electron chi connectivity index (χ1n) is 10.0. The zero-order valence-electron chi connectivity index (χ0n) is 17.1. The lowest BCUT2D eigenvalue weighted by Crippen LogP contribution is -2.57. The molecule has 1 aliphatic heterocycles. The van der Waals surface area contributed by atoms with Crippen LogP contribution in [0.15, 0.2) is 0 Å². The summed E-state index contributed by atoms with van der Waals surface area (Å²) >= 11 is 3.92. The summed E-state index contributed by atoms with van der Waals surface area (Å²) in [6.45, 7) is 2.13. The van der Waals surface area contributed by atoms with E-state index in [4.69, 9.17) is 16.6 Å². The molecule has 0 aliphatic carbocycles. The van der Waals surface area contributed by atoms with E-state index in [2.05, 4.69) is 23.3 Å². The van der Waals surface area contributed by atoms with E-state index in [0.29, 0.717) is 38.8 Å². The maximum atomic E-state index is 12.8. The Balaban J connectivity index is 2.88. The molecule has 0 spiro atoms. The highest BCUT2D eigenvalue weighted by Gasteiger charge is 2.38. The molecule has 5 unspecified atom stereocenters. The van der Waals surface area contributed by atoms with Gasteiger partial charge in [-0.15, -0.1) is 0 Å². The minimum Gasteiger partial charge on any atom is -0.480 e. The molecule has 1 heterocycles. The molecule has 3 amide bonds. The highest BCUT2D eigenvalue weighted by Crippen LogP contribution is 2.19. The molecule has 0 aromatic rings. The lowest BCUT2D eigenvalue weighted by atomic mass is 10.1. The smallest absolute Gasteiger partial charge is 0.327 e. The number of hydrogen-bond acceptors (Lipinski definition) is 8. The van der Waals surface area contributed by atoms with Gasteiger partial charge < -0.3 is 37.2 Å². The predicted octanol–water partition coefficient (Wildman–Crippen LogP) is -2.20. The van der Waals surface area contributed by atoms with Crippen molar-refractivity contribution < 1.29 is 29.4 Å². The molecule has 11 nitrogen and oxygen atoms in total. The highest BCUT2D eigenvalue weighted by molar-refractivity contribution is 7.80. The van der Waals surface area contributed by atoms with Gasteiger partial charge in [-0.2, -0.15) is 12.6 Å². The average Bonchev–Trinajstić information content (AvgIpc) is 3.19. The van der Waals surface area contributed by atoms with Crippen LogP contribution in [0.5, 0.6) is 0 Å². The first kappa shape index (κ1) is 26.1. The Hall–Kier alpha value is -1.89. The predicted molar refractivity (Wildman–Crippen MR) is 113 cm³/mol. The molecule has 30 heavy (non-hydrogen) atoms. The molecule has 5 atom stereocenters. The molecule has 8 N–H and O–H groups in total. The Morgan fingerprint density at radius 2 is 1.87 bits per heavy atom. The van der Waals surface area contributed by atoms with Gasteiger partial charge in [0.15, 0.2) is 0 Å². The van der Waals surface area contributed by atoms with Crippen LogP contribution in [0.4, 0.5) is 0 Å². The number of nitrogens with one attached hydrogen (secondary N) is 2. The standard InChI is InChI=1S/C18H33N5O6S/c1-10(24)14(20)17(27)23-8-4-6-13(23)16(26)21-11(5-2-3-7-19)15(25)22-12(9-30)18(28)29/h10-14,24,30H,2-9,19-20H2,1H3,(H,21,26)(H,22,25)(H,28,29). The summed E-state index contributed by atoms with van der Waals surface area (Å²) in [6.07, 6.45) is 1.36. The Morgan fingerprint density at radius 3 is 2.40 bits per heavy atom. The minimum atomic E-state index is -1.23. The monoisotopic (exact) mass is 447 g/mol. The second kappa shape index (κ2) is 12.7. The molecular weight excluding hydrogens is 414 g/mol. The van der Waals surface area contributed by atoms with Crippen LogP contribution >= 0.6 is 12.6 Å². The average molecular weight is 448 g/mol. The van der Waals surface area contributed by atoms with Gasteiger partial charge in [-0.25, -0.2) is 4.79 Å². The molecule has 0 radical (unpaired) electrons. The number of carbonyl (C=O) groups is 4. The van der Waals surface area contributed by atoms with Crippen molar-refractivity contribution in [1.82, 2.24) is 15.5 Å². The number of hydrogen-bond donors (Lipinski definition) is 7. The molecule has 12 heteroatoms. The lowest BCUT2D eigenvalue weighted by molar-refractivity contribution is -0.143. The Morgan fingerprint density at radius 1 is 1.20 bits per heavy atom. The number of nitrogens with zero attached hydrogens (tertiary/aromatic N) is 1. The third-order valence-electron chi connectivity index (χ3n) is 5.02. The summed E-state index contributed by atoms with van der Waals surface area (Å²) < 4.78 is 0. The van der Waals surface area contributed by atoms with E-state index in [-0.39, 0.29) is 12.2 Å². The van der Waals surface area contributed by atoms with Gasteiger partial charge in [0.05, 0.1) is 6.10 Å². The third-order valence-corrected chi connectivity index (χ3v) is 5.39. The number of nitrogens with two attached hydrogens (primary N) is 2. The zero-order chi connectivity index (χ0) is 22.8. The van der Waals surface area contributed by atoms with E-state index in [1.54, 1.807) is 0 Å². The molecule has 1 fully saturated rings. The van der Waals surface area contributed by atoms with Crippen molar-refractivity contribution in [1.29, 1.82) is 0 Å². The van der Waals surface area contributed by atoms with E-state index in [1.807, 2.05) is 0 Å². The van der Waals surface area contributed by atoms with Crippen LogP contribution in [0.2, 0.25) is 0 Å². The van der Waals surface area contributed by atoms with Crippen LogP contribution in [0, 0.1) is 0 Å². The summed E-state index contributed by atoms with van der Waals surface area (Å²) in [5, 5.41) is 23.7. The summed E-state index contributed by atoms with van der Waals surface area (Å²) in [5.41, 5.74) is 11.2. The number of likely N-dealkylation sites (tertiary alicyclic amines) is 1. The molecule has 1 rings (SSSR count). The fraction of sp³-hybridized carbons (Fsp3) is 0.778. The van der Waals surface area contributed by atoms with Crippen LogP contribution in [-0.2, 0) is 19.2 Å². The highest BCUT2D eigenvalue weighted by atomic mass is 32.1. The maximum Gasteiger partial charge on any atom is 0.327 e. The summed E-state index contributed by atoms with van der Waals surface area (Å²) in [7, 11) is 0. The fourth-order valence-corrected chi connectivity index (χ4v) is 3.44. The number of carbonyl (C=O) groups excluding carboxylic acids is 3. The minimum absolute atomic E-state index is 0.104. The van der Waals surface area contributed by atoms with Crippen LogP contribution in [-0.4, -0.2) is 87.9 Å². The van der Waals surface area contributed by atoms with E-state index in [0.717, 1.165) is 0 Å². The van der Waals surface area contributed by atoms with Gasteiger partial charge in [-0.1, -0.05) is 0 Å². The van der Waals surface area contributed by atoms with Gasteiger partial charge in [0.2, 0.25) is 17.7 Å². The van der Waals surface area contributed by atoms with E-state index < -0.39 is 54.0 Å². The van der Waals surface area contributed by atoms with Gasteiger partial charge in [0.1, 0.15) is 24.2 Å². The van der Waals surface area contributed by atoms with Gasteiger partial charge in [-0.3, -0.25) is 14.4 Å². The van der Waals surface area contributed by atoms with Crippen molar-refractivity contribution in [3.8, 4) is 0 Å². The second-order valence-electron chi connectivity index (χ2n) is 7.38. The number of rotatable bonds is 12. The lowest BCUT2D eigenvalue weighted by Gasteiger charge is -2.29. The van der Waals surface area contributed by atoms with Crippen molar-refractivity contribution in [2.45, 2.75) is 69.3 Å². The van der Waals surface area contributed by atoms with Crippen LogP contribution in [0.3, 0.4) is 0 Å². The van der Waals surface area contributed by atoms with Gasteiger partial charge >= 0.3 is 5.97 Å². The van der Waals surface area contributed by atoms with Crippen molar-refractivity contribution in [2.75, 3.05) is 18.8 Å². The van der Waals surface area contributed by atoms with Gasteiger partial charge in [-0.05, 0) is 45.6 Å². The number of aliphatic hydroxyl groups excluding tert-OH is 1. The Kier molecular flexibility index (Phi) is 11.1. The molecule has 0 saturated carbocycles. The molecule has 0 bridgehead atoms. The molecule has 172 valence electrons. The van der Waals surface area contributed by atoms with Crippen molar-refractivity contribution in [3.63, 3.8) is 0 Å². The first-order chi connectivity index (χ1) is 14.1. The Bertz CT molecular complexity index is 620. The topological polar surface area (TPSA) is 188 Å². The third kappa shape index (κ3) is 7.42. The van der Waals surface area contributed by atoms with Crippen molar-refractivity contribution in [3.05, 3.63) is 0 Å². The Labute approximate surface area is 181 Å². The summed E-state index contributed by atoms with van der Waals surface area (Å²) in [5.74, 6) is -3.03. The van der Waals surface area contributed by atoms with Crippen LogP contribution in [0.1, 0.15) is 39.0 Å². The number of aliphatic carboxylic acids is 1. The summed E-state index contributed by atoms with van der Waals surface area (Å²) in [6, 6.07) is -4.13. The number of thiol groups is 1. The molecule has 0 aromatic carbocycles. The van der Waals surface area contributed by atoms with E-state index in [1.165, 1.54) is 11.8 Å². The number of aliphatic hydroxyl groups is 1. The van der Waals surface area contributed by atoms with Gasteiger partial charge in [0, 0.05) is 12.3 Å². The van der Waals surface area contributed by atoms with E-state index in [9.17, 15) is 24.3 Å². The fourth-order valence-electron chi connectivity index (χ4n) is 3.19. The van der Waals surface area contributed by atoms with Crippen LogP contribution < -0.4 is 22.1 Å². The van der Waals surface area contributed by atoms with Crippen LogP contribution in [0.25, 0.3) is 0 Å². The number of carboxylic acid groups (broad SMARTS) is 1. The molecule has 1 aliphatic rings. The van der Waals surface area contributed by atoms with Gasteiger partial charge in [0.25, 0.3) is 0 Å². The van der Waals surface area contributed by atoms with Crippen molar-refractivity contribution >= 4 is 36.3 Å². The second-order valence-corrected chi connectivity index (χ2v) is 7.75. The largest absolute Gasteiger partial charge is 0.480 e.